The van der Waals surface area contributed by atoms with E-state index in [-0.39, 0.29) is 13.4 Å². The molecule has 1 aromatic carbocycles. The highest BCUT2D eigenvalue weighted by Crippen LogP contribution is 2.42. The van der Waals surface area contributed by atoms with E-state index in [1.54, 1.807) is 7.11 Å². The van der Waals surface area contributed by atoms with Crippen molar-refractivity contribution in [2.24, 2.45) is 5.92 Å². The highest BCUT2D eigenvalue weighted by atomic mass is 16.7. The monoisotopic (exact) mass is 350 g/mol. The minimum Gasteiger partial charge on any atom is -0.493 e. The van der Waals surface area contributed by atoms with Crippen molar-refractivity contribution in [3.63, 3.8) is 0 Å². The molecule has 25 heavy (non-hydrogen) atoms. The van der Waals surface area contributed by atoms with E-state index < -0.39 is 0 Å². The van der Waals surface area contributed by atoms with Gasteiger partial charge in [0.25, 0.3) is 0 Å². The molecular weight excluding hydrogens is 320 g/mol. The van der Waals surface area contributed by atoms with Crippen molar-refractivity contribution in [2.45, 2.75) is 32.9 Å². The summed E-state index contributed by atoms with van der Waals surface area (Å²) in [5, 5.41) is 9.43. The first-order valence-electron chi connectivity index (χ1n) is 9.14. The molecule has 0 aliphatic carbocycles. The van der Waals surface area contributed by atoms with Gasteiger partial charge in [0.2, 0.25) is 12.5 Å². The van der Waals surface area contributed by atoms with Crippen LogP contribution < -0.4 is 14.2 Å². The van der Waals surface area contributed by atoms with E-state index in [1.807, 2.05) is 12.1 Å². The van der Waals surface area contributed by atoms with E-state index in [0.717, 1.165) is 50.6 Å². The summed E-state index contributed by atoms with van der Waals surface area (Å²) < 4.78 is 16.4. The third-order valence-corrected chi connectivity index (χ3v) is 4.88. The topological polar surface area (TPSA) is 54.4 Å². The molecule has 1 fully saturated rings. The molecule has 3 rings (SSSR count). The first kappa shape index (κ1) is 18.3. The van der Waals surface area contributed by atoms with Gasteiger partial charge in [0.15, 0.2) is 11.5 Å². The molecular formula is C19H30N2O4. The molecule has 0 aromatic heterocycles. The minimum atomic E-state index is 0.241. The molecule has 6 heteroatoms. The van der Waals surface area contributed by atoms with Gasteiger partial charge in [-0.05, 0) is 30.0 Å². The van der Waals surface area contributed by atoms with E-state index in [4.69, 9.17) is 14.2 Å². The molecule has 2 heterocycles. The second-order valence-corrected chi connectivity index (χ2v) is 7.32. The molecule has 1 atom stereocenters. The van der Waals surface area contributed by atoms with Gasteiger partial charge in [-0.3, -0.25) is 9.80 Å². The van der Waals surface area contributed by atoms with Crippen molar-refractivity contribution < 1.29 is 19.3 Å². The molecule has 1 N–H and O–H groups in total. The highest BCUT2D eigenvalue weighted by Gasteiger charge is 2.28. The summed E-state index contributed by atoms with van der Waals surface area (Å²) in [4.78, 5) is 4.98. The van der Waals surface area contributed by atoms with Crippen molar-refractivity contribution in [1.29, 1.82) is 0 Å². The Kier molecular flexibility index (Phi) is 6.04. The highest BCUT2D eigenvalue weighted by molar-refractivity contribution is 5.55. The van der Waals surface area contributed by atoms with Gasteiger partial charge in [-0.2, -0.15) is 0 Å². The second-order valence-electron chi connectivity index (χ2n) is 7.32. The van der Waals surface area contributed by atoms with Crippen LogP contribution in [0.3, 0.4) is 0 Å². The largest absolute Gasteiger partial charge is 0.493 e. The standard InChI is InChI=1S/C19H30N2O4/c1-14(2)10-21-6-5-20(12-16(21)4-7-22)11-15-8-17(23-3)19-18(9-15)24-13-25-19/h8-9,14,16,22H,4-7,10-13H2,1-3H3. The molecule has 2 aliphatic heterocycles. The van der Waals surface area contributed by atoms with Crippen LogP contribution in [0.4, 0.5) is 0 Å². The zero-order valence-electron chi connectivity index (χ0n) is 15.5. The normalized spacial score (nSPS) is 21.1. The van der Waals surface area contributed by atoms with Crippen LogP contribution in [0.2, 0.25) is 0 Å². The summed E-state index contributed by atoms with van der Waals surface area (Å²) in [5.41, 5.74) is 1.17. The summed E-state index contributed by atoms with van der Waals surface area (Å²) >= 11 is 0. The summed E-state index contributed by atoms with van der Waals surface area (Å²) in [6.07, 6.45) is 0.827. The Balaban J connectivity index is 1.67. The van der Waals surface area contributed by atoms with E-state index in [2.05, 4.69) is 23.6 Å². The predicted octanol–water partition coefficient (Wildman–Crippen LogP) is 1.95. The van der Waals surface area contributed by atoms with Gasteiger partial charge in [0, 0.05) is 45.4 Å². The maximum Gasteiger partial charge on any atom is 0.231 e. The van der Waals surface area contributed by atoms with Crippen molar-refractivity contribution in [1.82, 2.24) is 9.80 Å². The maximum atomic E-state index is 9.43. The van der Waals surface area contributed by atoms with Crippen molar-refractivity contribution in [2.75, 3.05) is 46.7 Å². The molecule has 0 spiro atoms. The number of fused-ring (bicyclic) bond motifs is 1. The van der Waals surface area contributed by atoms with Crippen molar-refractivity contribution >= 4 is 0 Å². The zero-order valence-corrected chi connectivity index (χ0v) is 15.5. The third-order valence-electron chi connectivity index (χ3n) is 4.88. The summed E-state index contributed by atoms with van der Waals surface area (Å²) in [7, 11) is 1.66. The first-order valence-corrected chi connectivity index (χ1v) is 9.14. The predicted molar refractivity (Wildman–Crippen MR) is 96.3 cm³/mol. The van der Waals surface area contributed by atoms with Gasteiger partial charge in [-0.1, -0.05) is 13.8 Å². The van der Waals surface area contributed by atoms with Crippen LogP contribution in [-0.2, 0) is 6.54 Å². The number of ether oxygens (including phenoxy) is 3. The Morgan fingerprint density at radius 3 is 2.84 bits per heavy atom. The number of hydrogen-bond acceptors (Lipinski definition) is 6. The van der Waals surface area contributed by atoms with Gasteiger partial charge in [-0.15, -0.1) is 0 Å². The third kappa shape index (κ3) is 4.37. The fraction of sp³-hybridized carbons (Fsp3) is 0.684. The Morgan fingerprint density at radius 2 is 2.12 bits per heavy atom. The number of methoxy groups -OCH3 is 1. The zero-order chi connectivity index (χ0) is 17.8. The smallest absolute Gasteiger partial charge is 0.231 e. The minimum absolute atomic E-state index is 0.241. The lowest BCUT2D eigenvalue weighted by Gasteiger charge is -2.42. The molecule has 1 unspecified atom stereocenters. The van der Waals surface area contributed by atoms with Crippen molar-refractivity contribution in [3.05, 3.63) is 17.7 Å². The number of benzene rings is 1. The maximum absolute atomic E-state index is 9.43. The van der Waals surface area contributed by atoms with Crippen LogP contribution in [0.5, 0.6) is 17.2 Å². The fourth-order valence-corrected chi connectivity index (χ4v) is 3.77. The number of rotatable bonds is 7. The molecule has 1 aromatic rings. The van der Waals surface area contributed by atoms with Crippen LogP contribution in [0.25, 0.3) is 0 Å². The average molecular weight is 350 g/mol. The van der Waals surface area contributed by atoms with Gasteiger partial charge < -0.3 is 19.3 Å². The van der Waals surface area contributed by atoms with Gasteiger partial charge in [-0.25, -0.2) is 0 Å². The molecule has 2 aliphatic rings. The lowest BCUT2D eigenvalue weighted by atomic mass is 10.0. The number of hydrogen-bond donors (Lipinski definition) is 1. The quantitative estimate of drug-likeness (QED) is 0.811. The number of aliphatic hydroxyl groups is 1. The van der Waals surface area contributed by atoms with Crippen molar-refractivity contribution in [3.8, 4) is 17.2 Å². The van der Waals surface area contributed by atoms with E-state index in [9.17, 15) is 5.11 Å². The number of piperazine rings is 1. The Labute approximate surface area is 150 Å². The Hall–Kier alpha value is -1.50. The van der Waals surface area contributed by atoms with Crippen LogP contribution in [0.1, 0.15) is 25.8 Å². The first-order chi connectivity index (χ1) is 12.1. The molecule has 0 bridgehead atoms. The van der Waals surface area contributed by atoms with Crippen LogP contribution >= 0.6 is 0 Å². The molecule has 0 radical (unpaired) electrons. The summed E-state index contributed by atoms with van der Waals surface area (Å²) in [6.45, 7) is 10.00. The van der Waals surface area contributed by atoms with E-state index in [0.29, 0.717) is 17.7 Å². The summed E-state index contributed by atoms with van der Waals surface area (Å²) in [6, 6.07) is 4.50. The second kappa shape index (κ2) is 8.25. The number of nitrogens with zero attached hydrogens (tertiary/aromatic N) is 2. The lowest BCUT2D eigenvalue weighted by Crippen LogP contribution is -2.53. The molecule has 0 saturated carbocycles. The average Bonchev–Trinajstić information content (AvgIpc) is 3.05. The van der Waals surface area contributed by atoms with Gasteiger partial charge >= 0.3 is 0 Å². The number of aliphatic hydroxyl groups excluding tert-OH is 1. The summed E-state index contributed by atoms with van der Waals surface area (Å²) in [5.74, 6) is 2.84. The molecule has 0 amide bonds. The molecule has 1 saturated heterocycles. The Bertz CT molecular complexity index is 579. The molecule has 6 nitrogen and oxygen atoms in total. The SMILES string of the molecule is COc1cc(CN2CCN(CC(C)C)C(CCO)C2)cc2c1OCO2. The van der Waals surface area contributed by atoms with Gasteiger partial charge in [0.1, 0.15) is 0 Å². The Morgan fingerprint density at radius 1 is 1.28 bits per heavy atom. The van der Waals surface area contributed by atoms with Gasteiger partial charge in [0.05, 0.1) is 7.11 Å². The van der Waals surface area contributed by atoms with Crippen LogP contribution in [0.15, 0.2) is 12.1 Å². The van der Waals surface area contributed by atoms with Crippen LogP contribution in [-0.4, -0.2) is 67.6 Å². The van der Waals surface area contributed by atoms with E-state index in [1.165, 1.54) is 5.56 Å². The van der Waals surface area contributed by atoms with Crippen LogP contribution in [0, 0.1) is 5.92 Å². The fourth-order valence-electron chi connectivity index (χ4n) is 3.77. The lowest BCUT2D eigenvalue weighted by molar-refractivity contribution is 0.0476. The molecule has 140 valence electrons. The van der Waals surface area contributed by atoms with E-state index >= 15 is 0 Å².